The van der Waals surface area contributed by atoms with E-state index in [2.05, 4.69) is 5.32 Å². The van der Waals surface area contributed by atoms with Crippen molar-refractivity contribution >= 4 is 5.91 Å². The maximum atomic E-state index is 13.2. The van der Waals surface area contributed by atoms with E-state index in [1.165, 1.54) is 12.1 Å². The maximum Gasteiger partial charge on any atom is 0.253 e. The first kappa shape index (κ1) is 17.4. The van der Waals surface area contributed by atoms with Crippen molar-refractivity contribution in [3.63, 3.8) is 0 Å². The van der Waals surface area contributed by atoms with Gasteiger partial charge in [-0.1, -0.05) is 18.2 Å². The highest BCUT2D eigenvalue weighted by atomic mass is 19.1. The first-order valence-corrected chi connectivity index (χ1v) is 8.59. The van der Waals surface area contributed by atoms with Crippen molar-refractivity contribution in [2.24, 2.45) is 0 Å². The van der Waals surface area contributed by atoms with Gasteiger partial charge < -0.3 is 15.0 Å². The molecule has 0 bridgehead atoms. The van der Waals surface area contributed by atoms with Gasteiger partial charge in [0, 0.05) is 30.8 Å². The van der Waals surface area contributed by atoms with Gasteiger partial charge in [0.2, 0.25) is 0 Å². The normalized spacial score (nSPS) is 15.2. The van der Waals surface area contributed by atoms with E-state index in [4.69, 9.17) is 4.74 Å². The van der Waals surface area contributed by atoms with Crippen LogP contribution >= 0.6 is 0 Å². The number of carbonyl (C=O) groups excluding carboxylic acids is 1. The number of ether oxygens (including phenoxy) is 1. The lowest BCUT2D eigenvalue weighted by atomic mass is 10.0. The summed E-state index contributed by atoms with van der Waals surface area (Å²) in [5, 5.41) is 3.27. The maximum absolute atomic E-state index is 13.2. The summed E-state index contributed by atoms with van der Waals surface area (Å²) in [6.45, 7) is 1.84. The highest BCUT2D eigenvalue weighted by molar-refractivity contribution is 5.94. The van der Waals surface area contributed by atoms with Gasteiger partial charge in [0.1, 0.15) is 18.2 Å². The summed E-state index contributed by atoms with van der Waals surface area (Å²) in [4.78, 5) is 14.6. The second-order valence-corrected chi connectivity index (χ2v) is 6.30. The van der Waals surface area contributed by atoms with Gasteiger partial charge in [-0.3, -0.25) is 4.79 Å². The minimum atomic E-state index is -0.327. The quantitative estimate of drug-likeness (QED) is 0.907. The van der Waals surface area contributed by atoms with Crippen LogP contribution in [-0.2, 0) is 6.61 Å². The molecule has 4 nitrogen and oxygen atoms in total. The molecule has 1 aliphatic heterocycles. The average molecular weight is 342 g/mol. The van der Waals surface area contributed by atoms with Gasteiger partial charge >= 0.3 is 0 Å². The standard InChI is InChI=1S/C20H23FN2O2/c1-22-18-8-10-23(11-9-18)20(24)16-5-2-4-15(12-16)14-25-19-7-3-6-17(21)13-19/h2-7,12-13,18,22H,8-11,14H2,1H3. The van der Waals surface area contributed by atoms with E-state index in [9.17, 15) is 9.18 Å². The van der Waals surface area contributed by atoms with Crippen molar-refractivity contribution < 1.29 is 13.9 Å². The van der Waals surface area contributed by atoms with Crippen LogP contribution in [0.2, 0.25) is 0 Å². The second-order valence-electron chi connectivity index (χ2n) is 6.30. The van der Waals surface area contributed by atoms with Crippen molar-refractivity contribution in [1.82, 2.24) is 10.2 Å². The van der Waals surface area contributed by atoms with Crippen LogP contribution in [0.15, 0.2) is 48.5 Å². The minimum Gasteiger partial charge on any atom is -0.489 e. The lowest BCUT2D eigenvalue weighted by Crippen LogP contribution is -2.43. The van der Waals surface area contributed by atoms with Crippen molar-refractivity contribution in [3.8, 4) is 5.75 Å². The molecule has 5 heteroatoms. The molecule has 0 atom stereocenters. The Kier molecular flexibility index (Phi) is 5.66. The van der Waals surface area contributed by atoms with E-state index in [0.717, 1.165) is 31.5 Å². The number of hydrogen-bond acceptors (Lipinski definition) is 3. The van der Waals surface area contributed by atoms with E-state index in [0.29, 0.717) is 24.0 Å². The SMILES string of the molecule is CNC1CCN(C(=O)c2cccc(COc3cccc(F)c3)c2)CC1. The number of hydrogen-bond donors (Lipinski definition) is 1. The zero-order chi connectivity index (χ0) is 17.6. The highest BCUT2D eigenvalue weighted by Gasteiger charge is 2.22. The fraction of sp³-hybridized carbons (Fsp3) is 0.350. The van der Waals surface area contributed by atoms with Crippen molar-refractivity contribution in [3.05, 3.63) is 65.5 Å². The molecule has 2 aromatic carbocycles. The van der Waals surface area contributed by atoms with E-state index < -0.39 is 0 Å². The topological polar surface area (TPSA) is 41.6 Å². The summed E-state index contributed by atoms with van der Waals surface area (Å²) in [6, 6.07) is 14.0. The minimum absolute atomic E-state index is 0.0576. The lowest BCUT2D eigenvalue weighted by Gasteiger charge is -2.32. The molecule has 1 aliphatic rings. The molecule has 1 heterocycles. The predicted molar refractivity (Wildman–Crippen MR) is 95.2 cm³/mol. The summed E-state index contributed by atoms with van der Waals surface area (Å²) < 4.78 is 18.8. The first-order chi connectivity index (χ1) is 12.2. The summed E-state index contributed by atoms with van der Waals surface area (Å²) in [5.74, 6) is 0.208. The van der Waals surface area contributed by atoms with Gasteiger partial charge in [-0.05, 0) is 49.7 Å². The number of benzene rings is 2. The molecule has 0 aliphatic carbocycles. The molecule has 0 saturated carbocycles. The summed E-state index contributed by atoms with van der Waals surface area (Å²) in [6.07, 6.45) is 1.95. The Morgan fingerprint density at radius 2 is 1.96 bits per heavy atom. The second kappa shape index (κ2) is 8.12. The largest absolute Gasteiger partial charge is 0.489 e. The van der Waals surface area contributed by atoms with E-state index in [1.54, 1.807) is 12.1 Å². The molecule has 1 N–H and O–H groups in total. The van der Waals surface area contributed by atoms with E-state index in [-0.39, 0.29) is 11.7 Å². The lowest BCUT2D eigenvalue weighted by molar-refractivity contribution is 0.0707. The Morgan fingerprint density at radius 3 is 2.68 bits per heavy atom. The van der Waals surface area contributed by atoms with Gasteiger partial charge in [0.05, 0.1) is 0 Å². The number of rotatable bonds is 5. The van der Waals surface area contributed by atoms with Gasteiger partial charge in [-0.15, -0.1) is 0 Å². The Hall–Kier alpha value is -2.40. The van der Waals surface area contributed by atoms with Crippen LogP contribution in [0, 0.1) is 5.82 Å². The number of halogens is 1. The Morgan fingerprint density at radius 1 is 1.20 bits per heavy atom. The van der Waals surface area contributed by atoms with Crippen LogP contribution in [0.5, 0.6) is 5.75 Å². The van der Waals surface area contributed by atoms with Crippen molar-refractivity contribution in [2.75, 3.05) is 20.1 Å². The molecular formula is C20H23FN2O2. The molecule has 3 rings (SSSR count). The molecule has 2 aromatic rings. The fourth-order valence-corrected chi connectivity index (χ4v) is 3.07. The summed E-state index contributed by atoms with van der Waals surface area (Å²) in [7, 11) is 1.96. The van der Waals surface area contributed by atoms with E-state index in [1.807, 2.05) is 36.2 Å². The third-order valence-corrected chi connectivity index (χ3v) is 4.57. The molecule has 132 valence electrons. The molecule has 1 amide bonds. The molecule has 25 heavy (non-hydrogen) atoms. The van der Waals surface area contributed by atoms with Crippen LogP contribution in [0.1, 0.15) is 28.8 Å². The number of nitrogens with zero attached hydrogens (tertiary/aromatic N) is 1. The van der Waals surface area contributed by atoms with Gasteiger partial charge in [0.15, 0.2) is 0 Å². The monoisotopic (exact) mass is 342 g/mol. The highest BCUT2D eigenvalue weighted by Crippen LogP contribution is 2.17. The van der Waals surface area contributed by atoms with Crippen LogP contribution < -0.4 is 10.1 Å². The van der Waals surface area contributed by atoms with Crippen LogP contribution in [0.4, 0.5) is 4.39 Å². The van der Waals surface area contributed by atoms with Crippen molar-refractivity contribution in [1.29, 1.82) is 0 Å². The van der Waals surface area contributed by atoms with Crippen molar-refractivity contribution in [2.45, 2.75) is 25.5 Å². The number of carbonyl (C=O) groups is 1. The third-order valence-electron chi connectivity index (χ3n) is 4.57. The molecule has 0 unspecified atom stereocenters. The van der Waals surface area contributed by atoms with Crippen LogP contribution in [0.25, 0.3) is 0 Å². The summed E-state index contributed by atoms with van der Waals surface area (Å²) in [5.41, 5.74) is 1.56. The molecule has 0 spiro atoms. The van der Waals surface area contributed by atoms with Crippen LogP contribution in [0.3, 0.4) is 0 Å². The smallest absolute Gasteiger partial charge is 0.253 e. The zero-order valence-corrected chi connectivity index (χ0v) is 14.4. The Bertz CT molecular complexity index is 727. The van der Waals surface area contributed by atoms with Gasteiger partial charge in [0.25, 0.3) is 5.91 Å². The molecular weight excluding hydrogens is 319 g/mol. The third kappa shape index (κ3) is 4.57. The van der Waals surface area contributed by atoms with Crippen LogP contribution in [-0.4, -0.2) is 37.0 Å². The number of piperidine rings is 1. The average Bonchev–Trinajstić information content (AvgIpc) is 2.66. The van der Waals surface area contributed by atoms with Gasteiger partial charge in [-0.25, -0.2) is 4.39 Å². The Balaban J connectivity index is 1.62. The first-order valence-electron chi connectivity index (χ1n) is 8.59. The van der Waals surface area contributed by atoms with E-state index >= 15 is 0 Å². The predicted octanol–water partition coefficient (Wildman–Crippen LogP) is 3.23. The molecule has 0 aromatic heterocycles. The van der Waals surface area contributed by atoms with Gasteiger partial charge in [-0.2, -0.15) is 0 Å². The molecule has 1 saturated heterocycles. The molecule has 1 fully saturated rings. The zero-order valence-electron chi connectivity index (χ0n) is 14.4. The molecule has 0 radical (unpaired) electrons. The summed E-state index contributed by atoms with van der Waals surface area (Å²) >= 11 is 0. The Labute approximate surface area is 147 Å². The number of amides is 1. The number of likely N-dealkylation sites (tertiary alicyclic amines) is 1. The number of nitrogens with one attached hydrogen (secondary N) is 1. The fourth-order valence-electron chi connectivity index (χ4n) is 3.07.